The van der Waals surface area contributed by atoms with Crippen LogP contribution in [-0.2, 0) is 9.84 Å². The standard InChI is InChI=1S/C7H6FNO4S/c8-5-14(12,13)7-3-1-6(2-4-7)9(10)11/h1-4H,5H2. The van der Waals surface area contributed by atoms with Crippen molar-refractivity contribution in [2.45, 2.75) is 4.90 Å². The highest BCUT2D eigenvalue weighted by Gasteiger charge is 2.14. The summed E-state index contributed by atoms with van der Waals surface area (Å²) in [7, 11) is -3.93. The number of benzene rings is 1. The van der Waals surface area contributed by atoms with Crippen molar-refractivity contribution in [3.63, 3.8) is 0 Å². The van der Waals surface area contributed by atoms with Gasteiger partial charge in [0.15, 0.2) is 6.01 Å². The summed E-state index contributed by atoms with van der Waals surface area (Å²) in [6.07, 6.45) is 0. The monoisotopic (exact) mass is 219 g/mol. The van der Waals surface area contributed by atoms with Gasteiger partial charge < -0.3 is 0 Å². The number of sulfone groups is 1. The fourth-order valence-corrected chi connectivity index (χ4v) is 1.51. The molecule has 0 aromatic heterocycles. The van der Waals surface area contributed by atoms with Gasteiger partial charge in [0.05, 0.1) is 9.82 Å². The summed E-state index contributed by atoms with van der Waals surface area (Å²) in [5.74, 6) is 0. The molecule has 0 aliphatic rings. The highest BCUT2D eigenvalue weighted by atomic mass is 32.2. The zero-order valence-corrected chi connectivity index (χ0v) is 7.70. The molecule has 0 N–H and O–H groups in total. The van der Waals surface area contributed by atoms with Gasteiger partial charge in [-0.05, 0) is 12.1 Å². The van der Waals surface area contributed by atoms with Gasteiger partial charge in [-0.2, -0.15) is 0 Å². The lowest BCUT2D eigenvalue weighted by Crippen LogP contribution is -2.02. The van der Waals surface area contributed by atoms with Crippen LogP contribution in [0.1, 0.15) is 0 Å². The number of nitrogens with zero attached hydrogens (tertiary/aromatic N) is 1. The molecule has 0 radical (unpaired) electrons. The minimum absolute atomic E-state index is 0.234. The molecule has 0 saturated heterocycles. The van der Waals surface area contributed by atoms with Gasteiger partial charge in [-0.15, -0.1) is 0 Å². The molecule has 0 aliphatic heterocycles. The zero-order chi connectivity index (χ0) is 10.8. The Bertz CT molecular complexity index is 439. The van der Waals surface area contributed by atoms with E-state index >= 15 is 0 Å². The van der Waals surface area contributed by atoms with Crippen molar-refractivity contribution >= 4 is 15.5 Å². The van der Waals surface area contributed by atoms with Crippen LogP contribution in [0, 0.1) is 10.1 Å². The normalized spacial score (nSPS) is 11.2. The van der Waals surface area contributed by atoms with Crippen LogP contribution in [0.2, 0.25) is 0 Å². The SMILES string of the molecule is O=[N+]([O-])c1ccc(S(=O)(=O)CF)cc1. The minimum atomic E-state index is -3.93. The fourth-order valence-electron chi connectivity index (χ4n) is 0.838. The Morgan fingerprint density at radius 2 is 1.79 bits per heavy atom. The van der Waals surface area contributed by atoms with Crippen LogP contribution >= 0.6 is 0 Å². The molecule has 0 atom stereocenters. The Morgan fingerprint density at radius 1 is 1.29 bits per heavy atom. The Balaban J connectivity index is 3.12. The number of alkyl halides is 1. The molecule has 0 bridgehead atoms. The maximum atomic E-state index is 12.0. The first kappa shape index (κ1) is 10.6. The van der Waals surface area contributed by atoms with E-state index in [1.54, 1.807) is 0 Å². The van der Waals surface area contributed by atoms with Crippen LogP contribution in [0.4, 0.5) is 10.1 Å². The molecule has 1 aromatic carbocycles. The highest BCUT2D eigenvalue weighted by Crippen LogP contribution is 2.16. The lowest BCUT2D eigenvalue weighted by molar-refractivity contribution is -0.384. The van der Waals surface area contributed by atoms with Gasteiger partial charge in [0, 0.05) is 12.1 Å². The number of halogens is 1. The first-order valence-electron chi connectivity index (χ1n) is 3.50. The Morgan fingerprint density at radius 3 is 2.14 bits per heavy atom. The van der Waals surface area contributed by atoms with Crippen LogP contribution in [0.25, 0.3) is 0 Å². The quantitative estimate of drug-likeness (QED) is 0.567. The minimum Gasteiger partial charge on any atom is -0.258 e. The van der Waals surface area contributed by atoms with E-state index in [2.05, 4.69) is 0 Å². The number of nitro groups is 1. The second-order valence-corrected chi connectivity index (χ2v) is 4.39. The molecule has 7 heteroatoms. The zero-order valence-electron chi connectivity index (χ0n) is 6.88. The van der Waals surface area contributed by atoms with Crippen LogP contribution in [0.5, 0.6) is 0 Å². The molecular formula is C7H6FNO4S. The van der Waals surface area contributed by atoms with E-state index in [1.807, 2.05) is 0 Å². The molecule has 76 valence electrons. The lowest BCUT2D eigenvalue weighted by Gasteiger charge is -1.97. The van der Waals surface area contributed by atoms with Crippen molar-refractivity contribution in [1.82, 2.24) is 0 Å². The molecule has 0 saturated carbocycles. The summed E-state index contributed by atoms with van der Waals surface area (Å²) in [5, 5.41) is 10.2. The second kappa shape index (κ2) is 3.70. The van der Waals surface area contributed by atoms with Gasteiger partial charge in [0.25, 0.3) is 5.69 Å². The molecule has 0 fully saturated rings. The van der Waals surface area contributed by atoms with Crippen LogP contribution in [-0.4, -0.2) is 19.3 Å². The van der Waals surface area contributed by atoms with E-state index in [0.717, 1.165) is 24.3 Å². The molecule has 0 amide bonds. The summed E-state index contributed by atoms with van der Waals surface area (Å²) in [5.41, 5.74) is -0.234. The van der Waals surface area contributed by atoms with Gasteiger partial charge in [-0.1, -0.05) is 0 Å². The average molecular weight is 219 g/mol. The molecular weight excluding hydrogens is 213 g/mol. The first-order valence-corrected chi connectivity index (χ1v) is 5.16. The Labute approximate surface area is 79.2 Å². The molecule has 5 nitrogen and oxygen atoms in total. The topological polar surface area (TPSA) is 77.3 Å². The Kier molecular flexibility index (Phi) is 2.80. The number of rotatable bonds is 3. The predicted molar refractivity (Wildman–Crippen MR) is 46.3 cm³/mol. The van der Waals surface area contributed by atoms with Crippen molar-refractivity contribution < 1.29 is 17.7 Å². The van der Waals surface area contributed by atoms with Crippen molar-refractivity contribution in [1.29, 1.82) is 0 Å². The highest BCUT2D eigenvalue weighted by molar-refractivity contribution is 7.91. The van der Waals surface area contributed by atoms with Crippen LogP contribution < -0.4 is 0 Å². The molecule has 1 rings (SSSR count). The third-order valence-electron chi connectivity index (χ3n) is 1.55. The molecule has 0 spiro atoms. The van der Waals surface area contributed by atoms with E-state index in [4.69, 9.17) is 0 Å². The van der Waals surface area contributed by atoms with Crippen molar-refractivity contribution in [2.24, 2.45) is 0 Å². The number of non-ortho nitro benzene ring substituents is 1. The molecule has 0 heterocycles. The maximum absolute atomic E-state index is 12.0. The van der Waals surface area contributed by atoms with Crippen molar-refractivity contribution in [3.05, 3.63) is 34.4 Å². The maximum Gasteiger partial charge on any atom is 0.269 e. The summed E-state index contributed by atoms with van der Waals surface area (Å²) in [6.45, 7) is 0. The van der Waals surface area contributed by atoms with E-state index in [-0.39, 0.29) is 10.6 Å². The van der Waals surface area contributed by atoms with E-state index < -0.39 is 20.8 Å². The molecule has 0 aliphatic carbocycles. The first-order chi connectivity index (χ1) is 6.47. The van der Waals surface area contributed by atoms with Gasteiger partial charge in [0.2, 0.25) is 9.84 Å². The predicted octanol–water partition coefficient (Wildman–Crippen LogP) is 1.30. The van der Waals surface area contributed by atoms with Gasteiger partial charge in [-0.3, -0.25) is 10.1 Å². The van der Waals surface area contributed by atoms with Gasteiger partial charge in [-0.25, -0.2) is 12.8 Å². The summed E-state index contributed by atoms with van der Waals surface area (Å²) in [4.78, 5) is 9.29. The number of hydrogen-bond acceptors (Lipinski definition) is 4. The smallest absolute Gasteiger partial charge is 0.258 e. The van der Waals surface area contributed by atoms with Crippen LogP contribution in [0.15, 0.2) is 29.2 Å². The fraction of sp³-hybridized carbons (Fsp3) is 0.143. The third-order valence-corrected chi connectivity index (χ3v) is 2.83. The number of nitro benzene ring substituents is 1. The largest absolute Gasteiger partial charge is 0.269 e. The van der Waals surface area contributed by atoms with Crippen LogP contribution in [0.3, 0.4) is 0 Å². The van der Waals surface area contributed by atoms with Crippen molar-refractivity contribution in [3.8, 4) is 0 Å². The van der Waals surface area contributed by atoms with E-state index in [1.165, 1.54) is 0 Å². The van der Waals surface area contributed by atoms with Gasteiger partial charge >= 0.3 is 0 Å². The second-order valence-electron chi connectivity index (χ2n) is 2.47. The van der Waals surface area contributed by atoms with E-state index in [9.17, 15) is 22.9 Å². The average Bonchev–Trinajstić information content (AvgIpc) is 2.18. The lowest BCUT2D eigenvalue weighted by atomic mass is 10.3. The Hall–Kier alpha value is -1.50. The molecule has 0 unspecified atom stereocenters. The third kappa shape index (κ3) is 2.05. The molecule has 14 heavy (non-hydrogen) atoms. The van der Waals surface area contributed by atoms with Crippen molar-refractivity contribution in [2.75, 3.05) is 6.01 Å². The number of hydrogen-bond donors (Lipinski definition) is 0. The summed E-state index contributed by atoms with van der Waals surface area (Å²) >= 11 is 0. The van der Waals surface area contributed by atoms with E-state index in [0.29, 0.717) is 0 Å². The summed E-state index contributed by atoms with van der Waals surface area (Å²) < 4.78 is 33.9. The summed E-state index contributed by atoms with van der Waals surface area (Å²) in [6, 6.07) is 2.54. The van der Waals surface area contributed by atoms with Gasteiger partial charge in [0.1, 0.15) is 0 Å². The molecule has 1 aromatic rings.